The van der Waals surface area contributed by atoms with Crippen molar-refractivity contribution in [3.8, 4) is 21.1 Å². The lowest BCUT2D eigenvalue weighted by Crippen LogP contribution is -2.59. The quantitative estimate of drug-likeness (QED) is 0.222. The summed E-state index contributed by atoms with van der Waals surface area (Å²) in [6.07, 6.45) is 7.72. The van der Waals surface area contributed by atoms with Gasteiger partial charge < -0.3 is 24.8 Å². The van der Waals surface area contributed by atoms with Gasteiger partial charge >= 0.3 is 0 Å². The molecule has 2 amide bonds. The maximum Gasteiger partial charge on any atom is 0.259 e. The number of amides is 2. The molecule has 9 rings (SSSR count). The highest BCUT2D eigenvalue weighted by atomic mass is 32.1. The van der Waals surface area contributed by atoms with Crippen molar-refractivity contribution in [2.45, 2.75) is 19.3 Å². The van der Waals surface area contributed by atoms with Crippen molar-refractivity contribution in [3.63, 3.8) is 0 Å². The summed E-state index contributed by atoms with van der Waals surface area (Å²) < 4.78 is 5.56. The van der Waals surface area contributed by atoms with Crippen LogP contribution in [0.2, 0.25) is 0 Å². The first kappa shape index (κ1) is 29.7. The number of aromatic amines is 1. The number of ether oxygens (including phenoxy) is 1. The minimum absolute atomic E-state index is 0.0917. The zero-order valence-corrected chi connectivity index (χ0v) is 27.4. The minimum atomic E-state index is -0.224. The summed E-state index contributed by atoms with van der Waals surface area (Å²) in [7, 11) is 0. The topological polar surface area (TPSA) is 129 Å². The first-order chi connectivity index (χ1) is 24.0. The van der Waals surface area contributed by atoms with Gasteiger partial charge in [0.1, 0.15) is 23.5 Å². The summed E-state index contributed by atoms with van der Waals surface area (Å²) in [6, 6.07) is 20.9. The number of imidazole rings is 1. The van der Waals surface area contributed by atoms with Crippen LogP contribution >= 0.6 is 11.3 Å². The van der Waals surface area contributed by atoms with E-state index in [4.69, 9.17) is 9.72 Å². The molecule has 0 bridgehead atoms. The highest BCUT2D eigenvalue weighted by molar-refractivity contribution is 7.19. The standard InChI is InChI=1S/C37H32N8O3S/c46-35(27-5-3-14-39-34(27)44-20-37(21-44)12-16-48-17-13-37)41-25-9-7-23(8-10-25)36(47)45-15-11-24-18-30(33-42-28-19-38-22-40-32(28)43-33)49-31(24)26-4-1-2-6-29(26)45/h1-10,14,18-19,22H,11-13,15-17,20-21H2,(H,41,46)(H,38,40,42,43). The van der Waals surface area contributed by atoms with Crippen LogP contribution in [0.4, 0.5) is 17.2 Å². The average molecular weight is 669 g/mol. The molecule has 2 aromatic carbocycles. The lowest BCUT2D eigenvalue weighted by atomic mass is 9.73. The van der Waals surface area contributed by atoms with Crippen molar-refractivity contribution in [2.24, 2.45) is 5.41 Å². The Morgan fingerprint density at radius 2 is 1.82 bits per heavy atom. The lowest BCUT2D eigenvalue weighted by molar-refractivity contribution is -0.000509. The summed E-state index contributed by atoms with van der Waals surface area (Å²) in [5, 5.41) is 3.02. The Morgan fingerprint density at radius 3 is 2.65 bits per heavy atom. The van der Waals surface area contributed by atoms with Crippen LogP contribution in [0, 0.1) is 5.41 Å². The summed E-state index contributed by atoms with van der Waals surface area (Å²) in [5.41, 5.74) is 6.43. The fourth-order valence-electron chi connectivity index (χ4n) is 7.21. The first-order valence-corrected chi connectivity index (χ1v) is 17.2. The molecule has 0 radical (unpaired) electrons. The summed E-state index contributed by atoms with van der Waals surface area (Å²) in [5.74, 6) is 1.15. The number of rotatable bonds is 5. The number of anilines is 3. The second-order valence-electron chi connectivity index (χ2n) is 12.9. The van der Waals surface area contributed by atoms with Crippen LogP contribution in [0.25, 0.3) is 32.3 Å². The molecule has 3 aliphatic heterocycles. The van der Waals surface area contributed by atoms with E-state index >= 15 is 0 Å². The van der Waals surface area contributed by atoms with E-state index < -0.39 is 0 Å². The van der Waals surface area contributed by atoms with Gasteiger partial charge in [0.2, 0.25) is 0 Å². The van der Waals surface area contributed by atoms with Crippen LogP contribution in [0.5, 0.6) is 0 Å². The van der Waals surface area contributed by atoms with Gasteiger partial charge in [0.25, 0.3) is 11.8 Å². The van der Waals surface area contributed by atoms with E-state index in [1.54, 1.807) is 54.1 Å². The zero-order chi connectivity index (χ0) is 33.0. The molecular formula is C37H32N8O3S. The normalized spacial score (nSPS) is 16.5. The van der Waals surface area contributed by atoms with Gasteiger partial charge in [0.05, 0.1) is 22.3 Å². The van der Waals surface area contributed by atoms with E-state index in [2.05, 4.69) is 42.3 Å². The summed E-state index contributed by atoms with van der Waals surface area (Å²) in [6.45, 7) is 3.88. The molecule has 4 aromatic heterocycles. The number of fused-ring (bicyclic) bond motifs is 4. The first-order valence-electron chi connectivity index (χ1n) is 16.4. The van der Waals surface area contributed by atoms with Gasteiger partial charge in [0, 0.05) is 66.2 Å². The van der Waals surface area contributed by atoms with E-state index in [0.29, 0.717) is 41.2 Å². The van der Waals surface area contributed by atoms with Crippen LogP contribution < -0.4 is 15.1 Å². The smallest absolute Gasteiger partial charge is 0.259 e. The van der Waals surface area contributed by atoms with Crippen molar-refractivity contribution in [1.29, 1.82) is 0 Å². The fourth-order valence-corrected chi connectivity index (χ4v) is 8.40. The van der Waals surface area contributed by atoms with Crippen molar-refractivity contribution >= 4 is 51.5 Å². The van der Waals surface area contributed by atoms with Crippen LogP contribution in [0.3, 0.4) is 0 Å². The van der Waals surface area contributed by atoms with Gasteiger partial charge in [-0.3, -0.25) is 9.59 Å². The van der Waals surface area contributed by atoms with Gasteiger partial charge in [-0.15, -0.1) is 11.3 Å². The zero-order valence-electron chi connectivity index (χ0n) is 26.6. The Balaban J connectivity index is 0.920. The van der Waals surface area contributed by atoms with Gasteiger partial charge in [-0.25, -0.2) is 19.9 Å². The number of hydrogen-bond acceptors (Lipinski definition) is 9. The molecule has 2 saturated heterocycles. The lowest BCUT2D eigenvalue weighted by Gasteiger charge is -2.53. The van der Waals surface area contributed by atoms with Crippen molar-refractivity contribution in [1.82, 2.24) is 24.9 Å². The van der Waals surface area contributed by atoms with E-state index in [9.17, 15) is 9.59 Å². The van der Waals surface area contributed by atoms with Crippen molar-refractivity contribution < 1.29 is 14.3 Å². The number of nitrogens with one attached hydrogen (secondary N) is 2. The molecule has 0 atom stereocenters. The van der Waals surface area contributed by atoms with Gasteiger partial charge in [-0.05, 0) is 73.4 Å². The van der Waals surface area contributed by atoms with Gasteiger partial charge in [0.15, 0.2) is 5.65 Å². The number of pyridine rings is 1. The molecule has 11 nitrogen and oxygen atoms in total. The van der Waals surface area contributed by atoms with Crippen molar-refractivity contribution in [3.05, 3.63) is 102 Å². The third-order valence-electron chi connectivity index (χ3n) is 9.82. The molecule has 0 saturated carbocycles. The highest BCUT2D eigenvalue weighted by Crippen LogP contribution is 2.45. The van der Waals surface area contributed by atoms with E-state index in [-0.39, 0.29) is 17.2 Å². The van der Waals surface area contributed by atoms with Gasteiger partial charge in [-0.1, -0.05) is 18.2 Å². The molecule has 2 fully saturated rings. The number of carbonyl (C=O) groups is 2. The fraction of sp³-hybridized carbons (Fsp3) is 0.243. The third-order valence-corrected chi connectivity index (χ3v) is 11.0. The summed E-state index contributed by atoms with van der Waals surface area (Å²) >= 11 is 1.66. The third kappa shape index (κ3) is 5.33. The molecule has 2 N–H and O–H groups in total. The molecule has 12 heteroatoms. The molecule has 1 spiro atoms. The highest BCUT2D eigenvalue weighted by Gasteiger charge is 2.45. The van der Waals surface area contributed by atoms with Crippen LogP contribution in [0.1, 0.15) is 39.1 Å². The van der Waals surface area contributed by atoms with Crippen molar-refractivity contribution in [2.75, 3.05) is 48.0 Å². The van der Waals surface area contributed by atoms with Gasteiger partial charge in [-0.2, -0.15) is 0 Å². The number of aromatic nitrogens is 5. The molecule has 6 aromatic rings. The summed E-state index contributed by atoms with van der Waals surface area (Å²) in [4.78, 5) is 54.6. The second kappa shape index (κ2) is 11.9. The van der Waals surface area contributed by atoms with E-state index in [1.807, 2.05) is 29.2 Å². The van der Waals surface area contributed by atoms with E-state index in [0.717, 1.165) is 71.5 Å². The largest absolute Gasteiger partial charge is 0.381 e. The Hall–Kier alpha value is -5.46. The number of hydrogen-bond donors (Lipinski definition) is 2. The molecule has 7 heterocycles. The predicted molar refractivity (Wildman–Crippen MR) is 189 cm³/mol. The molecular weight excluding hydrogens is 637 g/mol. The number of para-hydroxylation sites is 1. The molecule has 0 unspecified atom stereocenters. The Kier molecular flexibility index (Phi) is 7.20. The molecule has 49 heavy (non-hydrogen) atoms. The number of nitrogens with zero attached hydrogens (tertiary/aromatic N) is 6. The Bertz CT molecular complexity index is 2180. The molecule has 3 aliphatic rings. The predicted octanol–water partition coefficient (Wildman–Crippen LogP) is 6.22. The Labute approximate surface area is 286 Å². The SMILES string of the molecule is O=C(Nc1ccc(C(=O)N2CCc3cc(-c4nc5cncnc5[nH]4)sc3-c3ccccc32)cc1)c1cccnc1N1CC2(CCOCC2)C1. The van der Waals surface area contributed by atoms with E-state index in [1.165, 1.54) is 11.9 Å². The number of thiophene rings is 1. The van der Waals surface area contributed by atoms with Crippen LogP contribution in [0.15, 0.2) is 85.5 Å². The minimum Gasteiger partial charge on any atom is -0.381 e. The number of H-pyrrole nitrogens is 1. The molecule has 244 valence electrons. The van der Waals surface area contributed by atoms with Crippen LogP contribution in [-0.4, -0.2) is 69.6 Å². The Morgan fingerprint density at radius 1 is 0.980 bits per heavy atom. The number of carbonyl (C=O) groups excluding carboxylic acids is 2. The maximum atomic E-state index is 14.0. The average Bonchev–Trinajstić information content (AvgIpc) is 3.73. The molecule has 0 aliphatic carbocycles. The maximum absolute atomic E-state index is 14.0. The number of benzene rings is 2. The van der Waals surface area contributed by atoms with Crippen LogP contribution in [-0.2, 0) is 11.2 Å². The second-order valence-corrected chi connectivity index (χ2v) is 14.0. The monoisotopic (exact) mass is 668 g/mol.